The SMILES string of the molecule is CO[C@@]1(S(=O)O)CC=c2cc(Br)ccc2=C1c1cccc2ccccc12. The van der Waals surface area contributed by atoms with Crippen LogP contribution in [0, 0.1) is 0 Å². The van der Waals surface area contributed by atoms with E-state index in [-0.39, 0.29) is 0 Å². The fourth-order valence-electron chi connectivity index (χ4n) is 3.69. The van der Waals surface area contributed by atoms with Gasteiger partial charge in [-0.05, 0) is 38.9 Å². The predicted octanol–water partition coefficient (Wildman–Crippen LogP) is 3.55. The van der Waals surface area contributed by atoms with Crippen molar-refractivity contribution in [3.05, 3.63) is 81.1 Å². The van der Waals surface area contributed by atoms with Crippen LogP contribution in [0.25, 0.3) is 22.4 Å². The van der Waals surface area contributed by atoms with E-state index in [1.54, 1.807) is 0 Å². The smallest absolute Gasteiger partial charge is 0.197 e. The van der Waals surface area contributed by atoms with Crippen LogP contribution < -0.4 is 10.4 Å². The Kier molecular flexibility index (Phi) is 4.57. The lowest BCUT2D eigenvalue weighted by Gasteiger charge is -2.33. The van der Waals surface area contributed by atoms with Crippen molar-refractivity contribution in [1.29, 1.82) is 0 Å². The maximum Gasteiger partial charge on any atom is 0.197 e. The van der Waals surface area contributed by atoms with Gasteiger partial charge in [-0.1, -0.05) is 70.5 Å². The van der Waals surface area contributed by atoms with Gasteiger partial charge in [0.25, 0.3) is 0 Å². The molecule has 1 N–H and O–H groups in total. The van der Waals surface area contributed by atoms with Gasteiger partial charge in [0.05, 0.1) is 0 Å². The van der Waals surface area contributed by atoms with Gasteiger partial charge >= 0.3 is 0 Å². The van der Waals surface area contributed by atoms with E-state index in [4.69, 9.17) is 4.74 Å². The number of benzene rings is 3. The highest BCUT2D eigenvalue weighted by Gasteiger charge is 2.43. The van der Waals surface area contributed by atoms with Crippen molar-refractivity contribution in [2.75, 3.05) is 7.11 Å². The Hall–Kier alpha value is -1.79. The molecule has 1 aliphatic carbocycles. The summed E-state index contributed by atoms with van der Waals surface area (Å²) in [4.78, 5) is -1.30. The van der Waals surface area contributed by atoms with E-state index < -0.39 is 16.0 Å². The Bertz CT molecular complexity index is 1150. The van der Waals surface area contributed by atoms with Crippen LogP contribution in [-0.4, -0.2) is 20.8 Å². The van der Waals surface area contributed by atoms with Crippen LogP contribution in [0.2, 0.25) is 0 Å². The third-order valence-electron chi connectivity index (χ3n) is 4.93. The molecule has 0 radical (unpaired) electrons. The van der Waals surface area contributed by atoms with E-state index >= 15 is 0 Å². The fraction of sp³-hybridized carbons (Fsp3) is 0.143. The van der Waals surface area contributed by atoms with Gasteiger partial charge in [0.1, 0.15) is 0 Å². The summed E-state index contributed by atoms with van der Waals surface area (Å²) in [5.41, 5.74) is 1.67. The maximum absolute atomic E-state index is 12.4. The molecule has 3 aromatic carbocycles. The zero-order chi connectivity index (χ0) is 18.3. The third kappa shape index (κ3) is 2.67. The summed E-state index contributed by atoms with van der Waals surface area (Å²) in [6, 6.07) is 20.0. The molecule has 2 atom stereocenters. The predicted molar refractivity (Wildman–Crippen MR) is 109 cm³/mol. The molecule has 4 rings (SSSR count). The molecule has 0 aromatic heterocycles. The van der Waals surface area contributed by atoms with E-state index in [0.717, 1.165) is 36.8 Å². The van der Waals surface area contributed by atoms with Gasteiger partial charge in [0.2, 0.25) is 0 Å². The number of hydrogen-bond donors (Lipinski definition) is 1. The zero-order valence-corrected chi connectivity index (χ0v) is 16.5. The third-order valence-corrected chi connectivity index (χ3v) is 6.52. The van der Waals surface area contributed by atoms with Crippen LogP contribution in [0.4, 0.5) is 0 Å². The highest BCUT2D eigenvalue weighted by Crippen LogP contribution is 2.38. The molecule has 0 saturated heterocycles. The number of rotatable bonds is 3. The molecule has 0 spiro atoms. The van der Waals surface area contributed by atoms with Crippen molar-refractivity contribution >= 4 is 49.4 Å². The van der Waals surface area contributed by atoms with Crippen LogP contribution in [-0.2, 0) is 15.8 Å². The first kappa shape index (κ1) is 17.6. The lowest BCUT2D eigenvalue weighted by Crippen LogP contribution is -2.47. The summed E-state index contributed by atoms with van der Waals surface area (Å²) in [5, 5.41) is 4.06. The highest BCUT2D eigenvalue weighted by molar-refractivity contribution is 9.10. The Labute approximate surface area is 162 Å². The molecule has 132 valence electrons. The molecule has 3 nitrogen and oxygen atoms in total. The first-order valence-corrected chi connectivity index (χ1v) is 10.1. The van der Waals surface area contributed by atoms with Crippen molar-refractivity contribution in [2.45, 2.75) is 11.4 Å². The average molecular weight is 429 g/mol. The second kappa shape index (κ2) is 6.74. The van der Waals surface area contributed by atoms with Gasteiger partial charge < -0.3 is 9.29 Å². The van der Waals surface area contributed by atoms with Gasteiger partial charge in [-0.25, -0.2) is 4.21 Å². The zero-order valence-electron chi connectivity index (χ0n) is 14.1. The summed E-state index contributed by atoms with van der Waals surface area (Å²) in [6.07, 6.45) is 2.29. The molecule has 0 heterocycles. The van der Waals surface area contributed by atoms with E-state index in [9.17, 15) is 8.76 Å². The molecule has 0 saturated carbocycles. The van der Waals surface area contributed by atoms with E-state index in [2.05, 4.69) is 15.9 Å². The first-order chi connectivity index (χ1) is 12.6. The van der Waals surface area contributed by atoms with Crippen molar-refractivity contribution < 1.29 is 13.5 Å². The molecule has 5 heteroatoms. The van der Waals surface area contributed by atoms with Crippen molar-refractivity contribution in [2.24, 2.45) is 0 Å². The number of halogens is 1. The molecule has 0 fully saturated rings. The summed E-state index contributed by atoms with van der Waals surface area (Å²) in [6.45, 7) is 0. The number of ether oxygens (including phenoxy) is 1. The summed E-state index contributed by atoms with van der Waals surface area (Å²) >= 11 is 1.31. The average Bonchev–Trinajstić information content (AvgIpc) is 2.66. The van der Waals surface area contributed by atoms with E-state index in [0.29, 0.717) is 6.42 Å². The van der Waals surface area contributed by atoms with Crippen molar-refractivity contribution in [3.63, 3.8) is 0 Å². The quantitative estimate of drug-likeness (QED) is 0.648. The highest BCUT2D eigenvalue weighted by atomic mass is 79.9. The van der Waals surface area contributed by atoms with Gasteiger partial charge in [-0.15, -0.1) is 0 Å². The Morgan fingerprint density at radius 2 is 1.88 bits per heavy atom. The minimum Gasteiger partial charge on any atom is -0.358 e. The summed E-state index contributed by atoms with van der Waals surface area (Å²) < 4.78 is 29.3. The fourth-order valence-corrected chi connectivity index (χ4v) is 4.83. The van der Waals surface area contributed by atoms with E-state index in [1.165, 1.54) is 7.11 Å². The van der Waals surface area contributed by atoms with Crippen LogP contribution in [0.1, 0.15) is 12.0 Å². The monoisotopic (exact) mass is 428 g/mol. The Morgan fingerprint density at radius 3 is 2.65 bits per heavy atom. The lowest BCUT2D eigenvalue weighted by atomic mass is 9.88. The van der Waals surface area contributed by atoms with Crippen LogP contribution in [0.3, 0.4) is 0 Å². The van der Waals surface area contributed by atoms with Crippen molar-refractivity contribution in [1.82, 2.24) is 0 Å². The molecule has 0 bridgehead atoms. The molecule has 1 aliphatic rings. The molecular weight excluding hydrogens is 412 g/mol. The molecule has 26 heavy (non-hydrogen) atoms. The molecule has 3 aromatic rings. The number of fused-ring (bicyclic) bond motifs is 2. The van der Waals surface area contributed by atoms with Gasteiger partial charge in [0, 0.05) is 23.6 Å². The number of methoxy groups -OCH3 is 1. The van der Waals surface area contributed by atoms with Gasteiger partial charge in [0.15, 0.2) is 16.0 Å². The van der Waals surface area contributed by atoms with Gasteiger partial charge in [-0.2, -0.15) is 0 Å². The normalized spacial score (nSPS) is 20.5. The minimum atomic E-state index is -2.20. The topological polar surface area (TPSA) is 46.5 Å². The van der Waals surface area contributed by atoms with Crippen LogP contribution >= 0.6 is 15.9 Å². The summed E-state index contributed by atoms with van der Waals surface area (Å²) in [5.74, 6) is 0. The Balaban J connectivity index is 2.21. The van der Waals surface area contributed by atoms with Crippen molar-refractivity contribution in [3.8, 4) is 0 Å². The summed E-state index contributed by atoms with van der Waals surface area (Å²) in [7, 11) is 1.50. The van der Waals surface area contributed by atoms with Crippen LogP contribution in [0.5, 0.6) is 0 Å². The minimum absolute atomic E-state index is 0.328. The largest absolute Gasteiger partial charge is 0.358 e. The second-order valence-corrected chi connectivity index (χ2v) is 8.32. The first-order valence-electron chi connectivity index (χ1n) is 8.21. The molecular formula is C21H17BrO3S. The number of hydrogen-bond acceptors (Lipinski definition) is 2. The molecule has 0 amide bonds. The van der Waals surface area contributed by atoms with Crippen LogP contribution in [0.15, 0.2) is 65.1 Å². The molecule has 0 aliphatic heterocycles. The standard InChI is InChI=1S/C21H17BrO3S/c1-25-21(26(23)24)12-11-15-13-16(22)9-10-18(15)20(21)19-8-4-6-14-5-2-3-7-17(14)19/h2-11,13H,12H2,1H3,(H,23,24)/t21-/m1/s1. The molecule has 1 unspecified atom stereocenters. The van der Waals surface area contributed by atoms with Gasteiger partial charge in [-0.3, -0.25) is 0 Å². The van der Waals surface area contributed by atoms with E-state index in [1.807, 2.05) is 66.7 Å². The maximum atomic E-state index is 12.4. The second-order valence-electron chi connectivity index (χ2n) is 6.25. The Morgan fingerprint density at radius 1 is 1.12 bits per heavy atom. The lowest BCUT2D eigenvalue weighted by molar-refractivity contribution is 0.112.